The molecule has 0 bridgehead atoms. The highest BCUT2D eigenvalue weighted by molar-refractivity contribution is 6.76. The lowest BCUT2D eigenvalue weighted by atomic mass is 10.0. The Morgan fingerprint density at radius 1 is 1.11 bits per heavy atom. The van der Waals surface area contributed by atoms with Gasteiger partial charge in [0.1, 0.15) is 12.4 Å². The number of ether oxygens (including phenoxy) is 1. The van der Waals surface area contributed by atoms with Crippen LogP contribution in [0.25, 0.3) is 22.6 Å². The number of rotatable bonds is 9. The fourth-order valence-electron chi connectivity index (χ4n) is 4.78. The average molecular weight is 489 g/mol. The molecule has 1 aromatic carbocycles. The first-order chi connectivity index (χ1) is 16.7. The Bertz CT molecular complexity index is 1240. The van der Waals surface area contributed by atoms with Crippen molar-refractivity contribution in [1.82, 2.24) is 19.4 Å². The second-order valence-electron chi connectivity index (χ2n) is 11.3. The number of aromatic nitrogens is 3. The minimum atomic E-state index is -1.13. The van der Waals surface area contributed by atoms with Gasteiger partial charge in [0.25, 0.3) is 5.91 Å². The number of hydrogen-bond donors (Lipinski definition) is 0. The van der Waals surface area contributed by atoms with Gasteiger partial charge in [-0.05, 0) is 79.6 Å². The number of amides is 1. The molecule has 2 aliphatic rings. The van der Waals surface area contributed by atoms with Gasteiger partial charge in [0.15, 0.2) is 5.82 Å². The molecular formula is C28H36N4O2Si. The fraction of sp³-hybridized carbons (Fsp3) is 0.464. The molecule has 1 atom stereocenters. The third-order valence-electron chi connectivity index (χ3n) is 7.33. The molecule has 0 N–H and O–H groups in total. The van der Waals surface area contributed by atoms with Gasteiger partial charge in [-0.1, -0.05) is 25.7 Å². The van der Waals surface area contributed by atoms with Crippen LogP contribution < -0.4 is 0 Å². The van der Waals surface area contributed by atoms with E-state index in [1.54, 1.807) is 0 Å². The number of hydrogen-bond acceptors (Lipinski definition) is 4. The summed E-state index contributed by atoms with van der Waals surface area (Å²) in [5, 5.41) is 0. The Balaban J connectivity index is 1.36. The van der Waals surface area contributed by atoms with Crippen LogP contribution in [0.1, 0.15) is 41.4 Å². The normalized spacial score (nSPS) is 16.6. The SMILES string of the molecule is Cc1cnc(-c2cc(-c3ccc4c(c3)CN(C(C)C3CC3)C4=O)ccn2)n1COCC[Si](C)(C)C. The Hall–Kier alpha value is -2.77. The number of pyridine rings is 1. The molecule has 35 heavy (non-hydrogen) atoms. The van der Waals surface area contributed by atoms with Crippen molar-refractivity contribution in [3.8, 4) is 22.6 Å². The van der Waals surface area contributed by atoms with E-state index in [0.717, 1.165) is 52.1 Å². The molecule has 3 heterocycles. The Morgan fingerprint density at radius 2 is 1.89 bits per heavy atom. The Kier molecular flexibility index (Phi) is 6.40. The number of fused-ring (bicyclic) bond motifs is 1. The van der Waals surface area contributed by atoms with Crippen LogP contribution in [0.15, 0.2) is 42.7 Å². The summed E-state index contributed by atoms with van der Waals surface area (Å²) in [7, 11) is -1.13. The van der Waals surface area contributed by atoms with Gasteiger partial charge < -0.3 is 14.2 Å². The molecule has 1 aliphatic carbocycles. The first kappa shape index (κ1) is 23.9. The van der Waals surface area contributed by atoms with Gasteiger partial charge >= 0.3 is 0 Å². The number of benzene rings is 1. The van der Waals surface area contributed by atoms with E-state index in [0.29, 0.717) is 25.2 Å². The zero-order chi connectivity index (χ0) is 24.7. The average Bonchev–Trinajstić information content (AvgIpc) is 3.54. The van der Waals surface area contributed by atoms with Gasteiger partial charge in [-0.15, -0.1) is 0 Å². The first-order valence-electron chi connectivity index (χ1n) is 12.7. The lowest BCUT2D eigenvalue weighted by Crippen LogP contribution is -2.34. The standard InChI is InChI=1S/C28H36N4O2Si/c1-19-16-30-27(32(19)18-34-12-13-35(3,4)5)26-15-23(10-11-29-26)22-8-9-25-24(14-22)17-31(28(25)33)20(2)21-6-7-21/h8-11,14-16,20-21H,6-7,12-13,17-18H2,1-5H3. The first-order valence-corrected chi connectivity index (χ1v) is 16.4. The molecule has 1 unspecified atom stereocenters. The number of nitrogens with zero attached hydrogens (tertiary/aromatic N) is 4. The number of aryl methyl sites for hydroxylation is 1. The zero-order valence-corrected chi connectivity index (χ0v) is 22.5. The van der Waals surface area contributed by atoms with E-state index in [1.165, 1.54) is 12.8 Å². The molecule has 1 fully saturated rings. The summed E-state index contributed by atoms with van der Waals surface area (Å²) in [5.41, 5.74) is 6.02. The number of carbonyl (C=O) groups is 1. The van der Waals surface area contributed by atoms with Crippen molar-refractivity contribution in [1.29, 1.82) is 0 Å². The van der Waals surface area contributed by atoms with Crippen molar-refractivity contribution in [2.45, 2.75) is 71.7 Å². The maximum absolute atomic E-state index is 13.0. The molecule has 6 nitrogen and oxygen atoms in total. The summed E-state index contributed by atoms with van der Waals surface area (Å²) < 4.78 is 8.11. The lowest BCUT2D eigenvalue weighted by Gasteiger charge is -2.23. The van der Waals surface area contributed by atoms with Crippen molar-refractivity contribution in [3.63, 3.8) is 0 Å². The van der Waals surface area contributed by atoms with E-state index in [2.05, 4.69) is 59.3 Å². The van der Waals surface area contributed by atoms with Gasteiger partial charge in [-0.2, -0.15) is 0 Å². The highest BCUT2D eigenvalue weighted by Gasteiger charge is 2.38. The van der Waals surface area contributed by atoms with Crippen LogP contribution in [0, 0.1) is 12.8 Å². The molecule has 2 aromatic heterocycles. The molecule has 7 heteroatoms. The van der Waals surface area contributed by atoms with Crippen molar-refractivity contribution >= 4 is 14.0 Å². The molecule has 0 saturated heterocycles. The summed E-state index contributed by atoms with van der Waals surface area (Å²) in [6.07, 6.45) is 6.20. The van der Waals surface area contributed by atoms with Crippen LogP contribution in [0.4, 0.5) is 0 Å². The van der Waals surface area contributed by atoms with E-state index in [1.807, 2.05) is 36.4 Å². The number of imidazole rings is 1. The van der Waals surface area contributed by atoms with E-state index in [-0.39, 0.29) is 5.91 Å². The second kappa shape index (κ2) is 9.35. The minimum absolute atomic E-state index is 0.174. The van der Waals surface area contributed by atoms with Crippen LogP contribution >= 0.6 is 0 Å². The summed E-state index contributed by atoms with van der Waals surface area (Å²) in [4.78, 5) is 24.3. The predicted molar refractivity (Wildman–Crippen MR) is 142 cm³/mol. The number of carbonyl (C=O) groups excluding carboxylic acids is 1. The van der Waals surface area contributed by atoms with Crippen molar-refractivity contribution in [2.24, 2.45) is 5.92 Å². The van der Waals surface area contributed by atoms with Crippen LogP contribution in [0.3, 0.4) is 0 Å². The van der Waals surface area contributed by atoms with Crippen molar-refractivity contribution in [3.05, 3.63) is 59.5 Å². The van der Waals surface area contributed by atoms with Gasteiger partial charge in [0, 0.05) is 50.9 Å². The molecule has 1 saturated carbocycles. The Labute approximate surface area is 209 Å². The third kappa shape index (κ3) is 5.11. The van der Waals surface area contributed by atoms with Crippen LogP contribution in [-0.2, 0) is 18.0 Å². The summed E-state index contributed by atoms with van der Waals surface area (Å²) >= 11 is 0. The highest BCUT2D eigenvalue weighted by atomic mass is 28.3. The maximum Gasteiger partial charge on any atom is 0.254 e. The largest absolute Gasteiger partial charge is 0.361 e. The fourth-order valence-corrected chi connectivity index (χ4v) is 5.54. The predicted octanol–water partition coefficient (Wildman–Crippen LogP) is 5.99. The molecular weight excluding hydrogens is 452 g/mol. The zero-order valence-electron chi connectivity index (χ0n) is 21.5. The molecule has 184 valence electrons. The van der Waals surface area contributed by atoms with E-state index in [9.17, 15) is 4.79 Å². The van der Waals surface area contributed by atoms with Crippen molar-refractivity contribution < 1.29 is 9.53 Å². The summed E-state index contributed by atoms with van der Waals surface area (Å²) in [6.45, 7) is 13.3. The molecule has 0 radical (unpaired) electrons. The second-order valence-corrected chi connectivity index (χ2v) is 16.9. The summed E-state index contributed by atoms with van der Waals surface area (Å²) in [5.74, 6) is 1.66. The minimum Gasteiger partial charge on any atom is -0.361 e. The van der Waals surface area contributed by atoms with E-state index in [4.69, 9.17) is 4.74 Å². The van der Waals surface area contributed by atoms with Gasteiger partial charge in [0.05, 0.1) is 0 Å². The van der Waals surface area contributed by atoms with Gasteiger partial charge in [0.2, 0.25) is 0 Å². The topological polar surface area (TPSA) is 60.2 Å². The monoisotopic (exact) mass is 488 g/mol. The molecule has 1 aliphatic heterocycles. The molecule has 1 amide bonds. The van der Waals surface area contributed by atoms with Crippen LogP contribution in [0.2, 0.25) is 25.7 Å². The molecule has 0 spiro atoms. The van der Waals surface area contributed by atoms with Gasteiger partial charge in [-0.3, -0.25) is 9.78 Å². The maximum atomic E-state index is 13.0. The van der Waals surface area contributed by atoms with Crippen LogP contribution in [0.5, 0.6) is 0 Å². The molecule has 5 rings (SSSR count). The lowest BCUT2D eigenvalue weighted by molar-refractivity contribution is 0.0697. The third-order valence-corrected chi connectivity index (χ3v) is 9.03. The van der Waals surface area contributed by atoms with Crippen LogP contribution in [-0.4, -0.2) is 46.1 Å². The van der Waals surface area contributed by atoms with E-state index < -0.39 is 8.07 Å². The van der Waals surface area contributed by atoms with Crippen molar-refractivity contribution in [2.75, 3.05) is 6.61 Å². The Morgan fingerprint density at radius 3 is 2.63 bits per heavy atom. The molecule has 3 aromatic rings. The highest BCUT2D eigenvalue weighted by Crippen LogP contribution is 2.39. The summed E-state index contributed by atoms with van der Waals surface area (Å²) in [6, 6.07) is 11.8. The van der Waals surface area contributed by atoms with Gasteiger partial charge in [-0.25, -0.2) is 4.98 Å². The van der Waals surface area contributed by atoms with E-state index >= 15 is 0 Å². The quantitative estimate of drug-likeness (QED) is 0.274. The smallest absolute Gasteiger partial charge is 0.254 e.